The van der Waals surface area contributed by atoms with Crippen LogP contribution in [0.3, 0.4) is 0 Å². The largest absolute Gasteiger partial charge is 0.369 e. The van der Waals surface area contributed by atoms with E-state index in [0.29, 0.717) is 6.54 Å². The van der Waals surface area contributed by atoms with Crippen LogP contribution in [0.5, 0.6) is 0 Å². The second-order valence-corrected chi connectivity index (χ2v) is 4.38. The zero-order valence-corrected chi connectivity index (χ0v) is 9.52. The Morgan fingerprint density at radius 1 is 1.62 bits per heavy atom. The highest BCUT2D eigenvalue weighted by Gasteiger charge is 2.24. The number of hydrogen-bond donors (Lipinski definition) is 1. The van der Waals surface area contributed by atoms with E-state index in [-0.39, 0.29) is 11.8 Å². The maximum absolute atomic E-state index is 11.2. The third-order valence-electron chi connectivity index (χ3n) is 3.05. The number of nitrogens with zero attached hydrogens (tertiary/aromatic N) is 2. The van der Waals surface area contributed by atoms with Gasteiger partial charge in [-0.3, -0.25) is 4.79 Å². The molecule has 86 valence electrons. The van der Waals surface area contributed by atoms with E-state index in [1.165, 1.54) is 5.56 Å². The molecule has 2 heterocycles. The van der Waals surface area contributed by atoms with Crippen LogP contribution in [0.2, 0.25) is 0 Å². The summed E-state index contributed by atoms with van der Waals surface area (Å²) >= 11 is 0. The first kappa shape index (κ1) is 10.9. The molecule has 2 rings (SSSR count). The van der Waals surface area contributed by atoms with Gasteiger partial charge in [0.1, 0.15) is 5.82 Å². The molecule has 4 heteroatoms. The number of aryl methyl sites for hydroxylation is 1. The van der Waals surface area contributed by atoms with Crippen LogP contribution in [0.4, 0.5) is 5.82 Å². The van der Waals surface area contributed by atoms with Gasteiger partial charge in [0, 0.05) is 19.3 Å². The van der Waals surface area contributed by atoms with Gasteiger partial charge in [-0.05, 0) is 37.5 Å². The van der Waals surface area contributed by atoms with Crippen LogP contribution in [0.1, 0.15) is 18.4 Å². The van der Waals surface area contributed by atoms with E-state index >= 15 is 0 Å². The summed E-state index contributed by atoms with van der Waals surface area (Å²) in [4.78, 5) is 17.6. The van der Waals surface area contributed by atoms with Crippen molar-refractivity contribution >= 4 is 11.7 Å². The Morgan fingerprint density at radius 2 is 2.44 bits per heavy atom. The van der Waals surface area contributed by atoms with Crippen LogP contribution in [0, 0.1) is 12.8 Å². The fraction of sp³-hybridized carbons (Fsp3) is 0.500. The molecule has 1 unspecified atom stereocenters. The van der Waals surface area contributed by atoms with E-state index < -0.39 is 0 Å². The minimum atomic E-state index is -0.197. The van der Waals surface area contributed by atoms with Gasteiger partial charge in [-0.15, -0.1) is 0 Å². The second-order valence-electron chi connectivity index (χ2n) is 4.38. The van der Waals surface area contributed by atoms with Crippen LogP contribution in [-0.2, 0) is 4.79 Å². The number of nitrogens with two attached hydrogens (primary N) is 1. The van der Waals surface area contributed by atoms with Crippen molar-refractivity contribution in [3.63, 3.8) is 0 Å². The average molecular weight is 219 g/mol. The van der Waals surface area contributed by atoms with Crippen molar-refractivity contribution in [2.24, 2.45) is 11.7 Å². The number of carbonyl (C=O) groups is 1. The van der Waals surface area contributed by atoms with Crippen molar-refractivity contribution in [3.8, 4) is 0 Å². The standard InChI is InChI=1S/C12H17N3O/c1-9-4-5-14-11(7-9)15-6-2-3-10(8-15)12(13)16/h4-5,7,10H,2-3,6,8H2,1H3,(H2,13,16). The van der Waals surface area contributed by atoms with Crippen molar-refractivity contribution in [2.75, 3.05) is 18.0 Å². The highest BCUT2D eigenvalue weighted by molar-refractivity contribution is 5.77. The molecule has 1 aliphatic rings. The van der Waals surface area contributed by atoms with Gasteiger partial charge >= 0.3 is 0 Å². The molecule has 1 aromatic heterocycles. The summed E-state index contributed by atoms with van der Waals surface area (Å²) in [6, 6.07) is 4.02. The lowest BCUT2D eigenvalue weighted by molar-refractivity contribution is -0.122. The molecule has 1 atom stereocenters. The van der Waals surface area contributed by atoms with E-state index in [9.17, 15) is 4.79 Å². The fourth-order valence-electron chi connectivity index (χ4n) is 2.11. The third kappa shape index (κ3) is 2.32. The summed E-state index contributed by atoms with van der Waals surface area (Å²) in [5.41, 5.74) is 6.54. The van der Waals surface area contributed by atoms with E-state index in [0.717, 1.165) is 25.2 Å². The van der Waals surface area contributed by atoms with Crippen LogP contribution >= 0.6 is 0 Å². The highest BCUT2D eigenvalue weighted by Crippen LogP contribution is 2.21. The van der Waals surface area contributed by atoms with Crippen LogP contribution in [0.25, 0.3) is 0 Å². The number of pyridine rings is 1. The summed E-state index contributed by atoms with van der Waals surface area (Å²) in [5, 5.41) is 0. The number of carbonyl (C=O) groups excluding carboxylic acids is 1. The smallest absolute Gasteiger partial charge is 0.222 e. The number of aromatic nitrogens is 1. The molecule has 0 aromatic carbocycles. The summed E-state index contributed by atoms with van der Waals surface area (Å²) in [6.45, 7) is 3.70. The van der Waals surface area contributed by atoms with E-state index in [1.807, 2.05) is 19.1 Å². The molecular weight excluding hydrogens is 202 g/mol. The van der Waals surface area contributed by atoms with Gasteiger partial charge in [-0.1, -0.05) is 0 Å². The first-order valence-corrected chi connectivity index (χ1v) is 5.64. The molecule has 1 saturated heterocycles. The van der Waals surface area contributed by atoms with E-state index in [4.69, 9.17) is 5.73 Å². The number of hydrogen-bond acceptors (Lipinski definition) is 3. The minimum Gasteiger partial charge on any atom is -0.369 e. The Kier molecular flexibility index (Phi) is 3.08. The number of anilines is 1. The van der Waals surface area contributed by atoms with Gasteiger partial charge in [0.25, 0.3) is 0 Å². The molecule has 0 aliphatic carbocycles. The average Bonchev–Trinajstić information content (AvgIpc) is 2.29. The lowest BCUT2D eigenvalue weighted by atomic mass is 9.97. The fourth-order valence-corrected chi connectivity index (χ4v) is 2.11. The maximum atomic E-state index is 11.2. The second kappa shape index (κ2) is 4.51. The molecule has 16 heavy (non-hydrogen) atoms. The quantitative estimate of drug-likeness (QED) is 0.810. The molecule has 1 aromatic rings. The normalized spacial score (nSPS) is 20.8. The number of primary amides is 1. The number of rotatable bonds is 2. The molecular formula is C12H17N3O. The van der Waals surface area contributed by atoms with Gasteiger partial charge in [-0.25, -0.2) is 4.98 Å². The Labute approximate surface area is 95.5 Å². The Hall–Kier alpha value is -1.58. The van der Waals surface area contributed by atoms with Crippen molar-refractivity contribution in [1.29, 1.82) is 0 Å². The van der Waals surface area contributed by atoms with Gasteiger partial charge in [0.05, 0.1) is 5.92 Å². The van der Waals surface area contributed by atoms with Crippen molar-refractivity contribution in [1.82, 2.24) is 4.98 Å². The SMILES string of the molecule is Cc1ccnc(N2CCCC(C(N)=O)C2)c1. The summed E-state index contributed by atoms with van der Waals surface area (Å²) < 4.78 is 0. The highest BCUT2D eigenvalue weighted by atomic mass is 16.1. The van der Waals surface area contributed by atoms with Crippen molar-refractivity contribution < 1.29 is 4.79 Å². The number of piperidine rings is 1. The van der Waals surface area contributed by atoms with Crippen LogP contribution < -0.4 is 10.6 Å². The van der Waals surface area contributed by atoms with E-state index in [1.54, 1.807) is 6.20 Å². The minimum absolute atomic E-state index is 0.0314. The molecule has 0 bridgehead atoms. The Morgan fingerprint density at radius 3 is 3.12 bits per heavy atom. The molecule has 1 fully saturated rings. The molecule has 4 nitrogen and oxygen atoms in total. The molecule has 1 amide bonds. The summed E-state index contributed by atoms with van der Waals surface area (Å²) in [6.07, 6.45) is 3.71. The van der Waals surface area contributed by atoms with Gasteiger partial charge < -0.3 is 10.6 Å². The molecule has 0 radical (unpaired) electrons. The lowest BCUT2D eigenvalue weighted by Crippen LogP contribution is -2.41. The summed E-state index contributed by atoms with van der Waals surface area (Å²) in [7, 11) is 0. The number of amides is 1. The van der Waals surface area contributed by atoms with Crippen LogP contribution in [0.15, 0.2) is 18.3 Å². The lowest BCUT2D eigenvalue weighted by Gasteiger charge is -2.32. The first-order chi connectivity index (χ1) is 7.66. The topological polar surface area (TPSA) is 59.2 Å². The zero-order valence-electron chi connectivity index (χ0n) is 9.52. The molecule has 1 aliphatic heterocycles. The van der Waals surface area contributed by atoms with Gasteiger partial charge in [0.2, 0.25) is 5.91 Å². The van der Waals surface area contributed by atoms with Gasteiger partial charge in [-0.2, -0.15) is 0 Å². The van der Waals surface area contributed by atoms with Crippen molar-refractivity contribution in [3.05, 3.63) is 23.9 Å². The van der Waals surface area contributed by atoms with Crippen LogP contribution in [-0.4, -0.2) is 24.0 Å². The first-order valence-electron chi connectivity index (χ1n) is 5.64. The molecule has 0 saturated carbocycles. The predicted molar refractivity (Wildman–Crippen MR) is 63.1 cm³/mol. The van der Waals surface area contributed by atoms with Gasteiger partial charge in [0.15, 0.2) is 0 Å². The maximum Gasteiger partial charge on any atom is 0.222 e. The zero-order chi connectivity index (χ0) is 11.5. The Bertz CT molecular complexity index is 392. The van der Waals surface area contributed by atoms with E-state index in [2.05, 4.69) is 9.88 Å². The third-order valence-corrected chi connectivity index (χ3v) is 3.05. The Balaban J connectivity index is 2.12. The molecule has 0 spiro atoms. The monoisotopic (exact) mass is 219 g/mol. The summed E-state index contributed by atoms with van der Waals surface area (Å²) in [5.74, 6) is 0.722. The van der Waals surface area contributed by atoms with Crippen molar-refractivity contribution in [2.45, 2.75) is 19.8 Å². The predicted octanol–water partition coefficient (Wildman–Crippen LogP) is 1.09. The molecule has 2 N–H and O–H groups in total.